The number of hydrogen-bond donors (Lipinski definition) is 3. The second kappa shape index (κ2) is 5.18. The minimum Gasteiger partial charge on any atom is -0.507 e. The number of aromatic amines is 1. The number of benzene rings is 1. The highest BCUT2D eigenvalue weighted by Gasteiger charge is 1.99. The van der Waals surface area contributed by atoms with Crippen LogP contribution in [0.1, 0.15) is 11.1 Å². The van der Waals surface area contributed by atoms with Crippen molar-refractivity contribution in [3.63, 3.8) is 0 Å². The summed E-state index contributed by atoms with van der Waals surface area (Å²) in [6, 6.07) is 7.56. The average molecular weight is 281 g/mol. The number of phenols is 1. The molecule has 2 aromatic rings. The summed E-state index contributed by atoms with van der Waals surface area (Å²) < 4.78 is 0.730. The highest BCUT2D eigenvalue weighted by atomic mass is 79.9. The fraction of sp³-hybridized carbons (Fsp3) is 0.167. The second-order valence-corrected chi connectivity index (χ2v) is 4.46. The number of aromatic nitrogens is 1. The van der Waals surface area contributed by atoms with Gasteiger partial charge in [-0.05, 0) is 45.3 Å². The molecule has 3 nitrogen and oxygen atoms in total. The van der Waals surface area contributed by atoms with E-state index in [2.05, 4.69) is 26.2 Å². The number of nitrogens with one attached hydrogen (secondary N) is 2. The average Bonchev–Trinajstić information content (AvgIpc) is 2.76. The summed E-state index contributed by atoms with van der Waals surface area (Å²) in [5, 5.41) is 12.7. The van der Waals surface area contributed by atoms with Gasteiger partial charge in [-0.25, -0.2) is 0 Å². The van der Waals surface area contributed by atoms with Gasteiger partial charge < -0.3 is 15.4 Å². The zero-order valence-electron chi connectivity index (χ0n) is 8.70. The van der Waals surface area contributed by atoms with E-state index in [1.54, 1.807) is 6.07 Å². The number of H-pyrrole nitrogens is 1. The lowest BCUT2D eigenvalue weighted by atomic mass is 10.2. The maximum Gasteiger partial charge on any atom is 0.129 e. The van der Waals surface area contributed by atoms with Crippen molar-refractivity contribution in [3.8, 4) is 5.75 Å². The minimum atomic E-state index is 0.273. The molecule has 0 spiro atoms. The van der Waals surface area contributed by atoms with Gasteiger partial charge >= 0.3 is 0 Å². The molecule has 84 valence electrons. The normalized spacial score (nSPS) is 10.6. The van der Waals surface area contributed by atoms with Gasteiger partial charge in [0.2, 0.25) is 0 Å². The molecular formula is C12H13BrN2O. The lowest BCUT2D eigenvalue weighted by Crippen LogP contribution is -2.11. The van der Waals surface area contributed by atoms with Gasteiger partial charge in [0.1, 0.15) is 5.75 Å². The van der Waals surface area contributed by atoms with Crippen LogP contribution in [0.3, 0.4) is 0 Å². The van der Waals surface area contributed by atoms with Crippen LogP contribution >= 0.6 is 15.9 Å². The zero-order chi connectivity index (χ0) is 11.4. The van der Waals surface area contributed by atoms with E-state index < -0.39 is 0 Å². The summed E-state index contributed by atoms with van der Waals surface area (Å²) >= 11 is 3.29. The molecule has 2 rings (SSSR count). The molecule has 0 aliphatic carbocycles. The molecule has 4 heteroatoms. The first-order valence-corrected chi connectivity index (χ1v) is 5.85. The molecule has 0 radical (unpaired) electrons. The lowest BCUT2D eigenvalue weighted by molar-refractivity contribution is 0.471. The van der Waals surface area contributed by atoms with Gasteiger partial charge in [-0.3, -0.25) is 0 Å². The van der Waals surface area contributed by atoms with Crippen LogP contribution in [0.15, 0.2) is 41.1 Å². The summed E-state index contributed by atoms with van der Waals surface area (Å²) in [5.74, 6) is 0.273. The fourth-order valence-corrected chi connectivity index (χ4v) is 1.91. The van der Waals surface area contributed by atoms with E-state index >= 15 is 0 Å². The van der Waals surface area contributed by atoms with E-state index in [9.17, 15) is 5.11 Å². The summed E-state index contributed by atoms with van der Waals surface area (Å²) in [7, 11) is 0. The maximum absolute atomic E-state index is 9.35. The third kappa shape index (κ3) is 2.87. The monoisotopic (exact) mass is 280 g/mol. The van der Waals surface area contributed by atoms with Crippen LogP contribution in [-0.2, 0) is 13.1 Å². The molecule has 16 heavy (non-hydrogen) atoms. The Labute approximate surface area is 103 Å². The standard InChI is InChI=1S/C12H13BrN2O/c13-11-5-9(1-2-12(11)16)6-15-8-10-3-4-14-7-10/h1-5,7,14-16H,6,8H2. The highest BCUT2D eigenvalue weighted by Crippen LogP contribution is 2.24. The summed E-state index contributed by atoms with van der Waals surface area (Å²) in [4.78, 5) is 3.01. The predicted molar refractivity (Wildman–Crippen MR) is 67.1 cm³/mol. The van der Waals surface area contributed by atoms with Crippen LogP contribution in [-0.4, -0.2) is 10.1 Å². The van der Waals surface area contributed by atoms with Crippen LogP contribution in [0.25, 0.3) is 0 Å². The van der Waals surface area contributed by atoms with E-state index in [1.807, 2.05) is 30.6 Å². The molecule has 3 N–H and O–H groups in total. The molecule has 0 atom stereocenters. The molecule has 0 aliphatic rings. The molecular weight excluding hydrogens is 268 g/mol. The Balaban J connectivity index is 1.87. The van der Waals surface area contributed by atoms with Crippen LogP contribution in [0.4, 0.5) is 0 Å². The Hall–Kier alpha value is -1.26. The quantitative estimate of drug-likeness (QED) is 0.807. The fourth-order valence-electron chi connectivity index (χ4n) is 1.48. The van der Waals surface area contributed by atoms with Crippen molar-refractivity contribution < 1.29 is 5.11 Å². The highest BCUT2D eigenvalue weighted by molar-refractivity contribution is 9.10. The van der Waals surface area contributed by atoms with Gasteiger partial charge in [0.15, 0.2) is 0 Å². The molecule has 0 aliphatic heterocycles. The van der Waals surface area contributed by atoms with Crippen LogP contribution < -0.4 is 5.32 Å². The predicted octanol–water partition coefficient (Wildman–Crippen LogP) is 2.77. The first-order valence-electron chi connectivity index (χ1n) is 5.05. The lowest BCUT2D eigenvalue weighted by Gasteiger charge is -2.05. The Kier molecular flexibility index (Phi) is 3.64. The molecule has 0 bridgehead atoms. The van der Waals surface area contributed by atoms with Gasteiger partial charge in [0.05, 0.1) is 4.47 Å². The van der Waals surface area contributed by atoms with Crippen molar-refractivity contribution in [1.29, 1.82) is 0 Å². The van der Waals surface area contributed by atoms with E-state index in [1.165, 1.54) is 5.56 Å². The zero-order valence-corrected chi connectivity index (χ0v) is 10.3. The van der Waals surface area contributed by atoms with Gasteiger partial charge in [0.25, 0.3) is 0 Å². The molecule has 0 fully saturated rings. The van der Waals surface area contributed by atoms with Crippen molar-refractivity contribution in [2.75, 3.05) is 0 Å². The number of hydrogen-bond acceptors (Lipinski definition) is 2. The number of rotatable bonds is 4. The van der Waals surface area contributed by atoms with E-state index in [0.29, 0.717) is 0 Å². The van der Waals surface area contributed by atoms with Crippen molar-refractivity contribution in [1.82, 2.24) is 10.3 Å². The number of phenolic OH excluding ortho intramolecular Hbond substituents is 1. The molecule has 1 aromatic heterocycles. The van der Waals surface area contributed by atoms with Crippen LogP contribution in [0, 0.1) is 0 Å². The van der Waals surface area contributed by atoms with Crippen LogP contribution in [0.5, 0.6) is 5.75 Å². The van der Waals surface area contributed by atoms with E-state index in [-0.39, 0.29) is 5.75 Å². The molecule has 0 saturated carbocycles. The third-order valence-corrected chi connectivity index (χ3v) is 2.97. The van der Waals surface area contributed by atoms with E-state index in [0.717, 1.165) is 23.1 Å². The molecule has 0 amide bonds. The van der Waals surface area contributed by atoms with Gasteiger partial charge in [0, 0.05) is 25.5 Å². The second-order valence-electron chi connectivity index (χ2n) is 3.61. The first kappa shape index (κ1) is 11.2. The Morgan fingerprint density at radius 1 is 1.19 bits per heavy atom. The first-order chi connectivity index (χ1) is 7.75. The van der Waals surface area contributed by atoms with Crippen molar-refractivity contribution in [2.45, 2.75) is 13.1 Å². The smallest absolute Gasteiger partial charge is 0.129 e. The van der Waals surface area contributed by atoms with Crippen molar-refractivity contribution in [2.24, 2.45) is 0 Å². The SMILES string of the molecule is Oc1ccc(CNCc2cc[nH]c2)cc1Br. The number of halogens is 1. The molecule has 0 unspecified atom stereocenters. The maximum atomic E-state index is 9.35. The summed E-state index contributed by atoms with van der Waals surface area (Å²) in [5.41, 5.74) is 2.37. The summed E-state index contributed by atoms with van der Waals surface area (Å²) in [6.45, 7) is 1.62. The van der Waals surface area contributed by atoms with Crippen LogP contribution in [0.2, 0.25) is 0 Å². The molecule has 1 heterocycles. The third-order valence-electron chi connectivity index (χ3n) is 2.33. The topological polar surface area (TPSA) is 48.0 Å². The van der Waals surface area contributed by atoms with Gasteiger partial charge in [-0.2, -0.15) is 0 Å². The number of aromatic hydroxyl groups is 1. The van der Waals surface area contributed by atoms with Gasteiger partial charge in [-0.1, -0.05) is 6.07 Å². The van der Waals surface area contributed by atoms with Crippen molar-refractivity contribution in [3.05, 3.63) is 52.3 Å². The largest absolute Gasteiger partial charge is 0.507 e. The Morgan fingerprint density at radius 3 is 2.69 bits per heavy atom. The Morgan fingerprint density at radius 2 is 2.00 bits per heavy atom. The van der Waals surface area contributed by atoms with E-state index in [4.69, 9.17) is 0 Å². The Bertz CT molecular complexity index is 454. The van der Waals surface area contributed by atoms with Gasteiger partial charge in [-0.15, -0.1) is 0 Å². The summed E-state index contributed by atoms with van der Waals surface area (Å²) in [6.07, 6.45) is 3.88. The molecule has 0 saturated heterocycles. The van der Waals surface area contributed by atoms with Crippen molar-refractivity contribution >= 4 is 15.9 Å². The minimum absolute atomic E-state index is 0.273. The molecule has 1 aromatic carbocycles.